The summed E-state index contributed by atoms with van der Waals surface area (Å²) in [5, 5.41) is 4.50. The minimum absolute atomic E-state index is 0.0371. The van der Waals surface area contributed by atoms with Crippen LogP contribution in [0, 0.1) is 11.6 Å². The molecule has 6 heteroatoms. The Morgan fingerprint density at radius 3 is 1.86 bits per heavy atom. The Bertz CT molecular complexity index is 1020. The molecule has 0 aromatic heterocycles. The molecule has 0 atom stereocenters. The summed E-state index contributed by atoms with van der Waals surface area (Å²) in [6.45, 7) is 8.04. The highest BCUT2D eigenvalue weighted by Gasteiger charge is 2.27. The second-order valence-corrected chi connectivity index (χ2v) is 8.97. The molecule has 35 heavy (non-hydrogen) atoms. The van der Waals surface area contributed by atoms with Gasteiger partial charge in [-0.05, 0) is 79.8 Å². The maximum absolute atomic E-state index is 13.5. The Balaban J connectivity index is 1.36. The third kappa shape index (κ3) is 6.45. The highest BCUT2D eigenvalue weighted by Crippen LogP contribution is 2.31. The van der Waals surface area contributed by atoms with Gasteiger partial charge in [-0.15, -0.1) is 0 Å². The molecular weight excluding hydrogens is 442 g/mol. The molecule has 4 rings (SSSR count). The summed E-state index contributed by atoms with van der Waals surface area (Å²) in [4.78, 5) is 4.70. The Labute approximate surface area is 207 Å². The lowest BCUT2D eigenvalue weighted by molar-refractivity contribution is 0.164. The zero-order valence-electron chi connectivity index (χ0n) is 20.5. The number of halogens is 2. The minimum Gasteiger partial charge on any atom is -0.372 e. The number of hydrogen-bond donors (Lipinski definition) is 1. The first kappa shape index (κ1) is 24.9. The number of anilines is 1. The lowest BCUT2D eigenvalue weighted by Gasteiger charge is -2.38. The summed E-state index contributed by atoms with van der Waals surface area (Å²) < 4.78 is 27.1. The third-order valence-corrected chi connectivity index (χ3v) is 6.76. The van der Waals surface area contributed by atoms with Gasteiger partial charge in [0.2, 0.25) is 0 Å². The Morgan fingerprint density at radius 1 is 0.857 bits per heavy atom. The van der Waals surface area contributed by atoms with Gasteiger partial charge in [0, 0.05) is 37.9 Å². The van der Waals surface area contributed by atoms with Crippen LogP contribution in [0.5, 0.6) is 0 Å². The van der Waals surface area contributed by atoms with Gasteiger partial charge in [-0.1, -0.05) is 36.4 Å². The lowest BCUT2D eigenvalue weighted by Crippen LogP contribution is -2.42. The molecule has 0 amide bonds. The predicted molar refractivity (Wildman–Crippen MR) is 140 cm³/mol. The molecule has 3 aromatic rings. The highest BCUT2D eigenvalue weighted by atomic mass is 19.1. The number of hydrogen-bond acceptors (Lipinski definition) is 4. The van der Waals surface area contributed by atoms with Crippen LogP contribution >= 0.6 is 0 Å². The molecule has 1 heterocycles. The first-order valence-electron chi connectivity index (χ1n) is 12.5. The van der Waals surface area contributed by atoms with E-state index in [9.17, 15) is 8.78 Å². The summed E-state index contributed by atoms with van der Waals surface area (Å²) in [7, 11) is 0. The van der Waals surface area contributed by atoms with Gasteiger partial charge in [0.05, 0.1) is 12.3 Å². The Hall–Kier alpha value is -3.25. The number of nitrogens with zero attached hydrogens (tertiary/aromatic N) is 3. The Kier molecular flexibility index (Phi) is 8.48. The van der Waals surface area contributed by atoms with Gasteiger partial charge >= 0.3 is 0 Å². The van der Waals surface area contributed by atoms with E-state index >= 15 is 0 Å². The van der Waals surface area contributed by atoms with Crippen LogP contribution in [-0.4, -0.2) is 43.3 Å². The molecule has 1 N–H and O–H groups in total. The summed E-state index contributed by atoms with van der Waals surface area (Å²) in [6, 6.07) is 22.0. The van der Waals surface area contributed by atoms with Gasteiger partial charge in [-0.25, -0.2) is 8.78 Å². The minimum atomic E-state index is -0.255. The maximum atomic E-state index is 13.5. The van der Waals surface area contributed by atoms with Gasteiger partial charge in [0.15, 0.2) is 0 Å². The molecule has 0 unspecified atom stereocenters. The first-order valence-corrected chi connectivity index (χ1v) is 12.5. The van der Waals surface area contributed by atoms with E-state index in [0.29, 0.717) is 6.04 Å². The van der Waals surface area contributed by atoms with E-state index in [2.05, 4.69) is 58.4 Å². The van der Waals surface area contributed by atoms with Crippen molar-refractivity contribution in [1.82, 2.24) is 10.3 Å². The maximum Gasteiger partial charge on any atom is 0.123 e. The van der Waals surface area contributed by atoms with Crippen LogP contribution in [-0.2, 0) is 0 Å². The van der Waals surface area contributed by atoms with Crippen LogP contribution in [0.4, 0.5) is 14.5 Å². The molecular formula is C29H34F2N4. The standard InChI is InChI=1S/C29H34F2N4/c1-3-34(4-2)28-15-5-22(6-16-28)21-32-33-27-17-19-35(20-18-27)29(23-7-11-25(30)12-8-23)24-9-13-26(31)14-10-24/h5-16,21,27,29,33H,3-4,17-20H2,1-2H3/b32-21+. The van der Waals surface area contributed by atoms with Crippen LogP contribution in [0.15, 0.2) is 77.9 Å². The van der Waals surface area contributed by atoms with Crippen LogP contribution in [0.25, 0.3) is 0 Å². The molecule has 0 radical (unpaired) electrons. The molecule has 1 fully saturated rings. The average molecular weight is 477 g/mol. The smallest absolute Gasteiger partial charge is 0.123 e. The van der Waals surface area contributed by atoms with Gasteiger partial charge in [-0.3, -0.25) is 4.90 Å². The first-order chi connectivity index (χ1) is 17.1. The summed E-state index contributed by atoms with van der Waals surface area (Å²) in [6.07, 6.45) is 3.76. The SMILES string of the molecule is CCN(CC)c1ccc(/C=N/NC2CCN(C(c3ccc(F)cc3)c3ccc(F)cc3)CC2)cc1. The van der Waals surface area contributed by atoms with Gasteiger partial charge in [0.1, 0.15) is 11.6 Å². The molecule has 3 aromatic carbocycles. The zero-order chi connectivity index (χ0) is 24.6. The summed E-state index contributed by atoms with van der Waals surface area (Å²) in [5.41, 5.74) is 7.63. The number of benzene rings is 3. The van der Waals surface area contributed by atoms with Crippen LogP contribution in [0.2, 0.25) is 0 Å². The lowest BCUT2D eigenvalue weighted by atomic mass is 9.94. The number of nitrogens with one attached hydrogen (secondary N) is 1. The molecule has 1 aliphatic rings. The molecule has 0 spiro atoms. The quantitative estimate of drug-likeness (QED) is 0.304. The fraction of sp³-hybridized carbons (Fsp3) is 0.345. The molecule has 4 nitrogen and oxygen atoms in total. The molecule has 0 bridgehead atoms. The topological polar surface area (TPSA) is 30.9 Å². The second-order valence-electron chi connectivity index (χ2n) is 8.97. The fourth-order valence-corrected chi connectivity index (χ4v) is 4.77. The van der Waals surface area contributed by atoms with Crippen LogP contribution in [0.1, 0.15) is 49.4 Å². The van der Waals surface area contributed by atoms with E-state index in [0.717, 1.165) is 55.7 Å². The van der Waals surface area contributed by atoms with Crippen molar-refractivity contribution in [3.63, 3.8) is 0 Å². The molecule has 1 aliphatic heterocycles. The third-order valence-electron chi connectivity index (χ3n) is 6.76. The van der Waals surface area contributed by atoms with Crippen molar-refractivity contribution >= 4 is 11.9 Å². The van der Waals surface area contributed by atoms with Gasteiger partial charge in [0.25, 0.3) is 0 Å². The normalized spacial score (nSPS) is 15.1. The van der Waals surface area contributed by atoms with E-state index in [1.54, 1.807) is 0 Å². The van der Waals surface area contributed by atoms with E-state index < -0.39 is 0 Å². The van der Waals surface area contributed by atoms with E-state index in [-0.39, 0.29) is 17.7 Å². The van der Waals surface area contributed by atoms with Crippen molar-refractivity contribution in [2.75, 3.05) is 31.1 Å². The largest absolute Gasteiger partial charge is 0.372 e. The number of hydrazone groups is 1. The van der Waals surface area contributed by atoms with Gasteiger partial charge < -0.3 is 10.3 Å². The van der Waals surface area contributed by atoms with Crippen molar-refractivity contribution in [2.24, 2.45) is 5.10 Å². The van der Waals surface area contributed by atoms with Crippen LogP contribution < -0.4 is 10.3 Å². The van der Waals surface area contributed by atoms with E-state index in [4.69, 9.17) is 0 Å². The van der Waals surface area contributed by atoms with Crippen molar-refractivity contribution in [3.8, 4) is 0 Å². The summed E-state index contributed by atoms with van der Waals surface area (Å²) in [5.74, 6) is -0.509. The van der Waals surface area contributed by atoms with Crippen molar-refractivity contribution in [2.45, 2.75) is 38.8 Å². The number of piperidine rings is 1. The van der Waals surface area contributed by atoms with E-state index in [1.807, 2.05) is 30.5 Å². The Morgan fingerprint density at radius 2 is 1.37 bits per heavy atom. The van der Waals surface area contributed by atoms with Gasteiger partial charge in [-0.2, -0.15) is 5.10 Å². The zero-order valence-corrected chi connectivity index (χ0v) is 20.5. The number of rotatable bonds is 9. The predicted octanol–water partition coefficient (Wildman–Crippen LogP) is 5.99. The number of likely N-dealkylation sites (tertiary alicyclic amines) is 1. The molecule has 1 saturated heterocycles. The molecule has 184 valence electrons. The van der Waals surface area contributed by atoms with Crippen molar-refractivity contribution in [3.05, 3.63) is 101 Å². The average Bonchev–Trinajstić information content (AvgIpc) is 2.89. The van der Waals surface area contributed by atoms with Crippen molar-refractivity contribution < 1.29 is 8.78 Å². The second kappa shape index (κ2) is 11.9. The fourth-order valence-electron chi connectivity index (χ4n) is 4.77. The van der Waals surface area contributed by atoms with E-state index in [1.165, 1.54) is 30.0 Å². The van der Waals surface area contributed by atoms with Crippen LogP contribution in [0.3, 0.4) is 0 Å². The molecule has 0 saturated carbocycles. The summed E-state index contributed by atoms with van der Waals surface area (Å²) >= 11 is 0. The molecule has 0 aliphatic carbocycles. The van der Waals surface area contributed by atoms with Crippen molar-refractivity contribution in [1.29, 1.82) is 0 Å². The highest BCUT2D eigenvalue weighted by molar-refractivity contribution is 5.80. The monoisotopic (exact) mass is 476 g/mol.